The van der Waals surface area contributed by atoms with Gasteiger partial charge in [0.2, 0.25) is 0 Å². The standard InChI is InChI=1S/C26H34O6/c1-15(2)20-12-13-26(6)22(23(20)32-25(29)19-10-8-7-9-11-19)16(3)14-21(30-17(4)27)24(26)31-18(5)28/h7-11,15,20-24H,3,12-14H2,1-2,4-6H3/t20-,21-,22+,23-,24+,26+/m1/s1. The first-order valence-corrected chi connectivity index (χ1v) is 11.3. The van der Waals surface area contributed by atoms with Crippen LogP contribution >= 0.6 is 0 Å². The summed E-state index contributed by atoms with van der Waals surface area (Å²) in [6, 6.07) is 8.95. The summed E-state index contributed by atoms with van der Waals surface area (Å²) in [7, 11) is 0. The molecule has 1 aromatic carbocycles. The van der Waals surface area contributed by atoms with Gasteiger partial charge in [-0.05, 0) is 36.8 Å². The highest BCUT2D eigenvalue weighted by atomic mass is 16.6. The minimum absolute atomic E-state index is 0.140. The highest BCUT2D eigenvalue weighted by molar-refractivity contribution is 5.89. The summed E-state index contributed by atoms with van der Waals surface area (Å²) in [4.78, 5) is 36.8. The molecule has 0 saturated heterocycles. The van der Waals surface area contributed by atoms with E-state index in [4.69, 9.17) is 14.2 Å². The van der Waals surface area contributed by atoms with Crippen molar-refractivity contribution in [3.8, 4) is 0 Å². The zero-order valence-electron chi connectivity index (χ0n) is 19.6. The molecule has 174 valence electrons. The van der Waals surface area contributed by atoms with Crippen LogP contribution in [0.5, 0.6) is 0 Å². The molecule has 2 aliphatic carbocycles. The fraction of sp³-hybridized carbons (Fsp3) is 0.577. The Morgan fingerprint density at radius 2 is 1.66 bits per heavy atom. The fourth-order valence-electron chi connectivity index (χ4n) is 5.69. The molecule has 2 fully saturated rings. The molecular weight excluding hydrogens is 408 g/mol. The number of hydrogen-bond acceptors (Lipinski definition) is 6. The number of carbonyl (C=O) groups excluding carboxylic acids is 3. The zero-order valence-corrected chi connectivity index (χ0v) is 19.6. The molecule has 32 heavy (non-hydrogen) atoms. The van der Waals surface area contributed by atoms with E-state index in [2.05, 4.69) is 20.4 Å². The Kier molecular flexibility index (Phi) is 7.11. The molecule has 0 heterocycles. The van der Waals surface area contributed by atoms with E-state index in [1.807, 2.05) is 25.1 Å². The zero-order chi connectivity index (χ0) is 23.6. The normalized spacial score (nSPS) is 32.1. The van der Waals surface area contributed by atoms with Crippen LogP contribution in [0.3, 0.4) is 0 Å². The molecule has 6 heteroatoms. The number of carbonyl (C=O) groups is 3. The highest BCUT2D eigenvalue weighted by Crippen LogP contribution is 2.57. The van der Waals surface area contributed by atoms with E-state index in [1.54, 1.807) is 12.1 Å². The molecule has 1 aromatic rings. The fourth-order valence-corrected chi connectivity index (χ4v) is 5.69. The van der Waals surface area contributed by atoms with Gasteiger partial charge in [-0.3, -0.25) is 9.59 Å². The number of rotatable bonds is 5. The van der Waals surface area contributed by atoms with Gasteiger partial charge >= 0.3 is 17.9 Å². The molecule has 2 aliphatic rings. The van der Waals surface area contributed by atoms with Crippen LogP contribution in [0.2, 0.25) is 0 Å². The largest absolute Gasteiger partial charge is 0.458 e. The second-order valence-electron chi connectivity index (χ2n) is 9.71. The van der Waals surface area contributed by atoms with Crippen molar-refractivity contribution in [2.75, 3.05) is 0 Å². The number of ether oxygens (including phenoxy) is 3. The van der Waals surface area contributed by atoms with Gasteiger partial charge in [-0.1, -0.05) is 51.1 Å². The second-order valence-corrected chi connectivity index (χ2v) is 9.71. The molecule has 6 nitrogen and oxygen atoms in total. The maximum Gasteiger partial charge on any atom is 0.338 e. The second kappa shape index (κ2) is 9.47. The first-order valence-electron chi connectivity index (χ1n) is 11.3. The minimum Gasteiger partial charge on any atom is -0.458 e. The quantitative estimate of drug-likeness (QED) is 0.373. The van der Waals surface area contributed by atoms with E-state index in [-0.39, 0.29) is 17.8 Å². The topological polar surface area (TPSA) is 78.9 Å². The third-order valence-corrected chi connectivity index (χ3v) is 7.09. The molecule has 0 spiro atoms. The maximum atomic E-state index is 13.0. The van der Waals surface area contributed by atoms with Crippen molar-refractivity contribution in [2.45, 2.75) is 72.2 Å². The first kappa shape index (κ1) is 24.0. The van der Waals surface area contributed by atoms with Crippen LogP contribution < -0.4 is 0 Å². The lowest BCUT2D eigenvalue weighted by atomic mass is 9.52. The minimum atomic E-state index is -0.634. The molecule has 6 atom stereocenters. The molecule has 0 aromatic heterocycles. The lowest BCUT2D eigenvalue weighted by Crippen LogP contribution is -2.61. The van der Waals surface area contributed by atoms with Crippen LogP contribution in [-0.4, -0.2) is 36.2 Å². The van der Waals surface area contributed by atoms with Gasteiger partial charge < -0.3 is 14.2 Å². The summed E-state index contributed by atoms with van der Waals surface area (Å²) >= 11 is 0. The molecule has 3 rings (SSSR count). The average molecular weight is 443 g/mol. The Hall–Kier alpha value is -2.63. The van der Waals surface area contributed by atoms with Gasteiger partial charge in [0.05, 0.1) is 5.56 Å². The number of esters is 3. The number of fused-ring (bicyclic) bond motifs is 1. The van der Waals surface area contributed by atoms with Crippen LogP contribution in [0.15, 0.2) is 42.5 Å². The Morgan fingerprint density at radius 3 is 2.22 bits per heavy atom. The summed E-state index contributed by atoms with van der Waals surface area (Å²) < 4.78 is 17.5. The first-order chi connectivity index (χ1) is 15.0. The highest BCUT2D eigenvalue weighted by Gasteiger charge is 2.60. The summed E-state index contributed by atoms with van der Waals surface area (Å²) in [6.45, 7) is 13.3. The average Bonchev–Trinajstić information content (AvgIpc) is 2.70. The van der Waals surface area contributed by atoms with Crippen LogP contribution in [0, 0.1) is 23.2 Å². The summed E-state index contributed by atoms with van der Waals surface area (Å²) in [5.41, 5.74) is 0.783. The number of benzene rings is 1. The summed E-state index contributed by atoms with van der Waals surface area (Å²) in [6.07, 6.45) is 0.258. The van der Waals surface area contributed by atoms with E-state index in [0.29, 0.717) is 17.9 Å². The van der Waals surface area contributed by atoms with Crippen molar-refractivity contribution in [3.05, 3.63) is 48.0 Å². The SMILES string of the molecule is C=C1C[C@@H](OC(C)=O)[C@H](OC(C)=O)[C@@]2(C)CC[C@H](C(C)C)[C@@H](OC(=O)c3ccccc3)[C@H]12. The molecule has 0 aliphatic heterocycles. The Labute approximate surface area is 190 Å². The van der Waals surface area contributed by atoms with E-state index in [0.717, 1.165) is 18.4 Å². The molecule has 0 N–H and O–H groups in total. The van der Waals surface area contributed by atoms with Crippen LogP contribution in [0.4, 0.5) is 0 Å². The van der Waals surface area contributed by atoms with Crippen molar-refractivity contribution < 1.29 is 28.6 Å². The monoisotopic (exact) mass is 442 g/mol. The predicted octanol–water partition coefficient (Wildman–Crippen LogP) is 4.72. The maximum absolute atomic E-state index is 13.0. The van der Waals surface area contributed by atoms with Crippen LogP contribution in [0.25, 0.3) is 0 Å². The van der Waals surface area contributed by atoms with Gasteiger partial charge in [-0.15, -0.1) is 0 Å². The third kappa shape index (κ3) is 4.74. The van der Waals surface area contributed by atoms with Gasteiger partial charge in [0.1, 0.15) is 18.3 Å². The van der Waals surface area contributed by atoms with Gasteiger partial charge in [0, 0.05) is 31.6 Å². The summed E-state index contributed by atoms with van der Waals surface area (Å²) in [5, 5.41) is 0. The third-order valence-electron chi connectivity index (χ3n) is 7.09. The van der Waals surface area contributed by atoms with Gasteiger partial charge in [0.25, 0.3) is 0 Å². The van der Waals surface area contributed by atoms with Crippen molar-refractivity contribution >= 4 is 17.9 Å². The van der Waals surface area contributed by atoms with Crippen molar-refractivity contribution in [2.24, 2.45) is 23.2 Å². The molecular formula is C26H34O6. The van der Waals surface area contributed by atoms with Crippen molar-refractivity contribution in [1.29, 1.82) is 0 Å². The van der Waals surface area contributed by atoms with E-state index in [1.165, 1.54) is 13.8 Å². The molecule has 0 radical (unpaired) electrons. The Bertz CT molecular complexity index is 876. The lowest BCUT2D eigenvalue weighted by Gasteiger charge is -2.57. The predicted molar refractivity (Wildman–Crippen MR) is 120 cm³/mol. The molecule has 2 saturated carbocycles. The molecule has 0 unspecified atom stereocenters. The summed E-state index contributed by atoms with van der Waals surface area (Å²) in [5.74, 6) is -1.01. The van der Waals surface area contributed by atoms with Gasteiger partial charge in [-0.2, -0.15) is 0 Å². The van der Waals surface area contributed by atoms with E-state index >= 15 is 0 Å². The van der Waals surface area contributed by atoms with Crippen LogP contribution in [-0.2, 0) is 23.8 Å². The number of hydrogen-bond donors (Lipinski definition) is 0. The Morgan fingerprint density at radius 1 is 1.03 bits per heavy atom. The molecule has 0 bridgehead atoms. The molecule has 0 amide bonds. The van der Waals surface area contributed by atoms with Gasteiger partial charge in [-0.25, -0.2) is 4.79 Å². The smallest absolute Gasteiger partial charge is 0.338 e. The van der Waals surface area contributed by atoms with Crippen LogP contribution in [0.1, 0.15) is 64.2 Å². The van der Waals surface area contributed by atoms with E-state index in [9.17, 15) is 14.4 Å². The Balaban J connectivity index is 2.00. The lowest BCUT2D eigenvalue weighted by molar-refractivity contribution is -0.200. The van der Waals surface area contributed by atoms with Crippen molar-refractivity contribution in [3.63, 3.8) is 0 Å². The van der Waals surface area contributed by atoms with E-state index < -0.39 is 35.7 Å². The van der Waals surface area contributed by atoms with Gasteiger partial charge in [0.15, 0.2) is 0 Å². The van der Waals surface area contributed by atoms with Crippen molar-refractivity contribution in [1.82, 2.24) is 0 Å².